The molecule has 1 fully saturated rings. The third-order valence-corrected chi connectivity index (χ3v) is 3.21. The number of pyridine rings is 1. The van der Waals surface area contributed by atoms with E-state index in [4.69, 9.17) is 5.11 Å². The standard InChI is InChI=1S/C12H16N2O2/c1-14(12(15)16)10-6-7-13-11(8-10)9-4-2-3-5-9/h6-9H,2-5H2,1H3,(H,15,16). The van der Waals surface area contributed by atoms with Crippen molar-refractivity contribution in [3.63, 3.8) is 0 Å². The van der Waals surface area contributed by atoms with Crippen LogP contribution >= 0.6 is 0 Å². The van der Waals surface area contributed by atoms with Gasteiger partial charge in [-0.15, -0.1) is 0 Å². The van der Waals surface area contributed by atoms with E-state index in [0.29, 0.717) is 11.6 Å². The van der Waals surface area contributed by atoms with Crippen LogP contribution in [0.1, 0.15) is 37.3 Å². The van der Waals surface area contributed by atoms with Crippen LogP contribution in [0.4, 0.5) is 10.5 Å². The Labute approximate surface area is 94.9 Å². The topological polar surface area (TPSA) is 53.4 Å². The molecule has 4 heteroatoms. The Bertz CT molecular complexity index is 386. The molecule has 86 valence electrons. The maximum Gasteiger partial charge on any atom is 0.411 e. The van der Waals surface area contributed by atoms with E-state index in [9.17, 15) is 4.79 Å². The quantitative estimate of drug-likeness (QED) is 0.833. The Hall–Kier alpha value is -1.58. The number of hydrogen-bond acceptors (Lipinski definition) is 2. The zero-order chi connectivity index (χ0) is 11.5. The molecule has 1 aliphatic rings. The molecule has 0 radical (unpaired) electrons. The molecule has 1 heterocycles. The van der Waals surface area contributed by atoms with Crippen molar-refractivity contribution in [3.8, 4) is 0 Å². The highest BCUT2D eigenvalue weighted by atomic mass is 16.4. The molecule has 1 aromatic rings. The van der Waals surface area contributed by atoms with Crippen LogP contribution in [-0.4, -0.2) is 23.2 Å². The van der Waals surface area contributed by atoms with Crippen molar-refractivity contribution >= 4 is 11.8 Å². The summed E-state index contributed by atoms with van der Waals surface area (Å²) < 4.78 is 0. The number of rotatable bonds is 2. The van der Waals surface area contributed by atoms with Crippen molar-refractivity contribution < 1.29 is 9.90 Å². The van der Waals surface area contributed by atoms with E-state index >= 15 is 0 Å². The maximum atomic E-state index is 10.8. The number of carbonyl (C=O) groups is 1. The molecule has 16 heavy (non-hydrogen) atoms. The van der Waals surface area contributed by atoms with Crippen molar-refractivity contribution in [2.75, 3.05) is 11.9 Å². The summed E-state index contributed by atoms with van der Waals surface area (Å²) in [6.45, 7) is 0. The molecule has 0 atom stereocenters. The minimum absolute atomic E-state index is 0.516. The molecule has 0 aromatic carbocycles. The fourth-order valence-electron chi connectivity index (χ4n) is 2.20. The molecule has 0 bridgehead atoms. The molecule has 4 nitrogen and oxygen atoms in total. The molecule has 0 saturated heterocycles. The van der Waals surface area contributed by atoms with Gasteiger partial charge < -0.3 is 5.11 Å². The second kappa shape index (κ2) is 4.51. The van der Waals surface area contributed by atoms with E-state index in [1.807, 2.05) is 6.07 Å². The van der Waals surface area contributed by atoms with Gasteiger partial charge in [0, 0.05) is 24.9 Å². The van der Waals surface area contributed by atoms with Gasteiger partial charge in [0.15, 0.2) is 0 Å². The predicted octanol–water partition coefficient (Wildman–Crippen LogP) is 2.85. The normalized spacial score (nSPS) is 16.3. The minimum Gasteiger partial charge on any atom is -0.465 e. The summed E-state index contributed by atoms with van der Waals surface area (Å²) in [7, 11) is 1.55. The Morgan fingerprint density at radius 1 is 1.50 bits per heavy atom. The smallest absolute Gasteiger partial charge is 0.411 e. The van der Waals surface area contributed by atoms with Gasteiger partial charge in [-0.1, -0.05) is 12.8 Å². The lowest BCUT2D eigenvalue weighted by Crippen LogP contribution is -2.23. The van der Waals surface area contributed by atoms with Crippen LogP contribution in [0.15, 0.2) is 18.3 Å². The van der Waals surface area contributed by atoms with Crippen LogP contribution in [0, 0.1) is 0 Å². The number of carboxylic acid groups (broad SMARTS) is 1. The van der Waals surface area contributed by atoms with Crippen molar-refractivity contribution in [1.29, 1.82) is 0 Å². The average Bonchev–Trinajstić information content (AvgIpc) is 2.81. The second-order valence-electron chi connectivity index (χ2n) is 4.26. The second-order valence-corrected chi connectivity index (χ2v) is 4.26. The lowest BCUT2D eigenvalue weighted by Gasteiger charge is -2.15. The highest BCUT2D eigenvalue weighted by Crippen LogP contribution is 2.33. The summed E-state index contributed by atoms with van der Waals surface area (Å²) in [5.74, 6) is 0.516. The van der Waals surface area contributed by atoms with Crippen LogP contribution in [0.3, 0.4) is 0 Å². The van der Waals surface area contributed by atoms with Gasteiger partial charge in [-0.05, 0) is 25.0 Å². The lowest BCUT2D eigenvalue weighted by atomic mass is 10.0. The first kappa shape index (κ1) is 10.9. The number of aromatic nitrogens is 1. The van der Waals surface area contributed by atoms with Crippen molar-refractivity contribution in [1.82, 2.24) is 4.98 Å². The predicted molar refractivity (Wildman–Crippen MR) is 61.9 cm³/mol. The lowest BCUT2D eigenvalue weighted by molar-refractivity contribution is 0.203. The van der Waals surface area contributed by atoms with E-state index in [1.165, 1.54) is 30.6 Å². The number of hydrogen-bond donors (Lipinski definition) is 1. The van der Waals surface area contributed by atoms with Crippen LogP contribution in [0.2, 0.25) is 0 Å². The monoisotopic (exact) mass is 220 g/mol. The average molecular weight is 220 g/mol. The molecule has 1 N–H and O–H groups in total. The van der Waals surface area contributed by atoms with Gasteiger partial charge in [0.05, 0.1) is 5.69 Å². The minimum atomic E-state index is -0.941. The van der Waals surface area contributed by atoms with Crippen LogP contribution < -0.4 is 4.90 Å². The van der Waals surface area contributed by atoms with Gasteiger partial charge >= 0.3 is 6.09 Å². The fourth-order valence-corrected chi connectivity index (χ4v) is 2.20. The molecule has 1 amide bonds. The van der Waals surface area contributed by atoms with Crippen LogP contribution in [0.5, 0.6) is 0 Å². The fraction of sp³-hybridized carbons (Fsp3) is 0.500. The third-order valence-electron chi connectivity index (χ3n) is 3.21. The highest BCUT2D eigenvalue weighted by molar-refractivity contribution is 5.85. The third kappa shape index (κ3) is 2.15. The molecular formula is C12H16N2O2. The summed E-state index contributed by atoms with van der Waals surface area (Å²) in [6, 6.07) is 3.62. The molecule has 0 unspecified atom stereocenters. The molecule has 0 spiro atoms. The zero-order valence-corrected chi connectivity index (χ0v) is 9.39. The van der Waals surface area contributed by atoms with Crippen LogP contribution in [0.25, 0.3) is 0 Å². The SMILES string of the molecule is CN(C(=O)O)c1ccnc(C2CCCC2)c1. The zero-order valence-electron chi connectivity index (χ0n) is 9.39. The number of nitrogens with zero attached hydrogens (tertiary/aromatic N) is 2. The maximum absolute atomic E-state index is 10.8. The van der Waals surface area contributed by atoms with Gasteiger partial charge in [0.2, 0.25) is 0 Å². The highest BCUT2D eigenvalue weighted by Gasteiger charge is 2.19. The van der Waals surface area contributed by atoms with Gasteiger partial charge in [-0.2, -0.15) is 0 Å². The summed E-state index contributed by atoms with van der Waals surface area (Å²) in [5.41, 5.74) is 1.73. The van der Waals surface area contributed by atoms with Gasteiger partial charge in [0.1, 0.15) is 0 Å². The van der Waals surface area contributed by atoms with E-state index in [1.54, 1.807) is 19.3 Å². The first-order chi connectivity index (χ1) is 7.68. The Morgan fingerprint density at radius 3 is 2.81 bits per heavy atom. The van der Waals surface area contributed by atoms with Crippen LogP contribution in [-0.2, 0) is 0 Å². The number of anilines is 1. The summed E-state index contributed by atoms with van der Waals surface area (Å²) in [4.78, 5) is 16.4. The van der Waals surface area contributed by atoms with Gasteiger partial charge in [-0.3, -0.25) is 9.88 Å². The molecular weight excluding hydrogens is 204 g/mol. The molecule has 0 aliphatic heterocycles. The van der Waals surface area contributed by atoms with E-state index in [0.717, 1.165) is 5.69 Å². The first-order valence-electron chi connectivity index (χ1n) is 5.61. The van der Waals surface area contributed by atoms with E-state index in [2.05, 4.69) is 4.98 Å². The Kier molecular flexibility index (Phi) is 3.08. The van der Waals surface area contributed by atoms with Crippen molar-refractivity contribution in [3.05, 3.63) is 24.0 Å². The summed E-state index contributed by atoms with van der Waals surface area (Å²) >= 11 is 0. The Morgan fingerprint density at radius 2 is 2.19 bits per heavy atom. The largest absolute Gasteiger partial charge is 0.465 e. The summed E-state index contributed by atoms with van der Waals surface area (Å²) in [6.07, 6.45) is 5.61. The number of amides is 1. The molecule has 1 aromatic heterocycles. The first-order valence-corrected chi connectivity index (χ1v) is 5.61. The van der Waals surface area contributed by atoms with Gasteiger partial charge in [0.25, 0.3) is 0 Å². The summed E-state index contributed by atoms with van der Waals surface area (Å²) in [5, 5.41) is 8.90. The molecule has 1 saturated carbocycles. The van der Waals surface area contributed by atoms with E-state index in [-0.39, 0.29) is 0 Å². The molecule has 1 aliphatic carbocycles. The van der Waals surface area contributed by atoms with E-state index < -0.39 is 6.09 Å². The van der Waals surface area contributed by atoms with Gasteiger partial charge in [-0.25, -0.2) is 4.79 Å². The van der Waals surface area contributed by atoms with Crippen molar-refractivity contribution in [2.24, 2.45) is 0 Å². The molecule has 2 rings (SSSR count). The Balaban J connectivity index is 2.21. The van der Waals surface area contributed by atoms with Crippen molar-refractivity contribution in [2.45, 2.75) is 31.6 Å².